The molecular weight excluding hydrogens is 214 g/mol. The number of amides is 2. The van der Waals surface area contributed by atoms with Crippen molar-refractivity contribution in [3.8, 4) is 0 Å². The van der Waals surface area contributed by atoms with E-state index >= 15 is 0 Å². The monoisotopic (exact) mass is 233 g/mol. The van der Waals surface area contributed by atoms with Gasteiger partial charge in [-0.3, -0.25) is 14.5 Å². The first-order valence-corrected chi connectivity index (χ1v) is 6.06. The number of rotatable bonds is 5. The topological polar surface area (TPSA) is 37.4 Å². The molecule has 0 aliphatic rings. The van der Waals surface area contributed by atoms with Crippen LogP contribution in [-0.4, -0.2) is 23.3 Å². The Labute approximate surface area is 102 Å². The Morgan fingerprint density at radius 1 is 1.00 bits per heavy atom. The molecule has 0 spiro atoms. The minimum Gasteiger partial charge on any atom is -0.282 e. The van der Waals surface area contributed by atoms with E-state index in [1.807, 2.05) is 30.3 Å². The smallest absolute Gasteiger partial charge is 0.228 e. The van der Waals surface area contributed by atoms with E-state index in [0.717, 1.165) is 12.0 Å². The first-order chi connectivity index (χ1) is 8.19. The summed E-state index contributed by atoms with van der Waals surface area (Å²) >= 11 is 0. The van der Waals surface area contributed by atoms with Crippen molar-refractivity contribution in [2.45, 2.75) is 33.1 Å². The van der Waals surface area contributed by atoms with Crippen molar-refractivity contribution >= 4 is 11.8 Å². The summed E-state index contributed by atoms with van der Waals surface area (Å²) in [5, 5.41) is 0. The molecule has 0 radical (unpaired) electrons. The molecule has 0 aliphatic heterocycles. The average molecular weight is 233 g/mol. The van der Waals surface area contributed by atoms with Gasteiger partial charge in [0.05, 0.1) is 0 Å². The Hall–Kier alpha value is -1.64. The number of carbonyl (C=O) groups is 2. The molecule has 1 aromatic rings. The molecule has 0 unspecified atom stereocenters. The second-order valence-corrected chi connectivity index (χ2v) is 3.88. The summed E-state index contributed by atoms with van der Waals surface area (Å²) < 4.78 is 0. The standard InChI is InChI=1S/C14H19NO2/c1-3-13(16)15(14(17)4-2)11-10-12-8-6-5-7-9-12/h5-9H,3-4,10-11H2,1-2H3. The van der Waals surface area contributed by atoms with E-state index < -0.39 is 0 Å². The number of imide groups is 1. The van der Waals surface area contributed by atoms with Gasteiger partial charge in [0.25, 0.3) is 0 Å². The molecule has 0 bridgehead atoms. The quantitative estimate of drug-likeness (QED) is 0.783. The molecule has 0 atom stereocenters. The summed E-state index contributed by atoms with van der Waals surface area (Å²) in [7, 11) is 0. The van der Waals surface area contributed by atoms with Gasteiger partial charge in [-0.15, -0.1) is 0 Å². The van der Waals surface area contributed by atoms with Crippen LogP contribution in [0, 0.1) is 0 Å². The van der Waals surface area contributed by atoms with Crippen LogP contribution in [-0.2, 0) is 16.0 Å². The molecule has 3 heteroatoms. The van der Waals surface area contributed by atoms with Crippen LogP contribution < -0.4 is 0 Å². The van der Waals surface area contributed by atoms with E-state index in [1.165, 1.54) is 4.90 Å². The minimum atomic E-state index is -0.0900. The molecular formula is C14H19NO2. The van der Waals surface area contributed by atoms with Crippen LogP contribution in [0.4, 0.5) is 0 Å². The molecule has 92 valence electrons. The maximum Gasteiger partial charge on any atom is 0.228 e. The zero-order valence-corrected chi connectivity index (χ0v) is 10.5. The van der Waals surface area contributed by atoms with Crippen LogP contribution in [0.1, 0.15) is 32.3 Å². The highest BCUT2D eigenvalue weighted by atomic mass is 16.2. The molecule has 0 heterocycles. The van der Waals surface area contributed by atoms with Gasteiger partial charge in [0.15, 0.2) is 0 Å². The molecule has 0 saturated heterocycles. The fraction of sp³-hybridized carbons (Fsp3) is 0.429. The number of hydrogen-bond acceptors (Lipinski definition) is 2. The highest BCUT2D eigenvalue weighted by molar-refractivity contribution is 5.95. The summed E-state index contributed by atoms with van der Waals surface area (Å²) in [6.07, 6.45) is 1.47. The van der Waals surface area contributed by atoms with Crippen LogP contribution in [0.3, 0.4) is 0 Å². The van der Waals surface area contributed by atoms with Crippen molar-refractivity contribution in [3.05, 3.63) is 35.9 Å². The summed E-state index contributed by atoms with van der Waals surface area (Å²) in [6.45, 7) is 4.03. The molecule has 0 saturated carbocycles. The molecule has 2 amide bonds. The Kier molecular flexibility index (Phi) is 5.40. The third kappa shape index (κ3) is 4.02. The molecule has 1 aromatic carbocycles. The minimum absolute atomic E-state index is 0.0900. The second kappa shape index (κ2) is 6.84. The van der Waals surface area contributed by atoms with Crippen molar-refractivity contribution in [2.24, 2.45) is 0 Å². The van der Waals surface area contributed by atoms with Crippen molar-refractivity contribution < 1.29 is 9.59 Å². The van der Waals surface area contributed by atoms with Crippen LogP contribution >= 0.6 is 0 Å². The summed E-state index contributed by atoms with van der Waals surface area (Å²) in [5.41, 5.74) is 1.14. The summed E-state index contributed by atoms with van der Waals surface area (Å²) in [5.74, 6) is -0.180. The fourth-order valence-electron chi connectivity index (χ4n) is 1.66. The van der Waals surface area contributed by atoms with Crippen LogP contribution in [0.25, 0.3) is 0 Å². The summed E-state index contributed by atoms with van der Waals surface area (Å²) in [6, 6.07) is 9.89. The lowest BCUT2D eigenvalue weighted by Crippen LogP contribution is -2.37. The maximum absolute atomic E-state index is 11.6. The molecule has 3 nitrogen and oxygen atoms in total. The lowest BCUT2D eigenvalue weighted by atomic mass is 10.1. The number of nitrogens with zero attached hydrogens (tertiary/aromatic N) is 1. The van der Waals surface area contributed by atoms with Gasteiger partial charge in [0.2, 0.25) is 11.8 Å². The van der Waals surface area contributed by atoms with E-state index in [0.29, 0.717) is 19.4 Å². The molecule has 0 aromatic heterocycles. The lowest BCUT2D eigenvalue weighted by molar-refractivity contribution is -0.144. The van der Waals surface area contributed by atoms with Gasteiger partial charge in [0.1, 0.15) is 0 Å². The van der Waals surface area contributed by atoms with Crippen LogP contribution in [0.2, 0.25) is 0 Å². The fourth-order valence-corrected chi connectivity index (χ4v) is 1.66. The van der Waals surface area contributed by atoms with E-state index in [9.17, 15) is 9.59 Å². The van der Waals surface area contributed by atoms with Gasteiger partial charge in [-0.2, -0.15) is 0 Å². The van der Waals surface area contributed by atoms with Crippen LogP contribution in [0.5, 0.6) is 0 Å². The number of carbonyl (C=O) groups excluding carboxylic acids is 2. The maximum atomic E-state index is 11.6. The predicted molar refractivity (Wildman–Crippen MR) is 67.4 cm³/mol. The van der Waals surface area contributed by atoms with Crippen molar-refractivity contribution in [3.63, 3.8) is 0 Å². The SMILES string of the molecule is CCC(=O)N(CCc1ccccc1)C(=O)CC. The van der Waals surface area contributed by atoms with Crippen molar-refractivity contribution in [1.29, 1.82) is 0 Å². The molecule has 0 fully saturated rings. The van der Waals surface area contributed by atoms with E-state index in [4.69, 9.17) is 0 Å². The van der Waals surface area contributed by atoms with Gasteiger partial charge in [-0.25, -0.2) is 0 Å². The summed E-state index contributed by atoms with van der Waals surface area (Å²) in [4.78, 5) is 24.6. The highest BCUT2D eigenvalue weighted by Crippen LogP contribution is 2.04. The van der Waals surface area contributed by atoms with Gasteiger partial charge in [0, 0.05) is 19.4 Å². The van der Waals surface area contributed by atoms with Gasteiger partial charge in [-0.1, -0.05) is 44.2 Å². The number of benzene rings is 1. The normalized spacial score (nSPS) is 10.0. The Morgan fingerprint density at radius 2 is 1.53 bits per heavy atom. The molecule has 1 rings (SSSR count). The number of hydrogen-bond donors (Lipinski definition) is 0. The Bertz CT molecular complexity index is 357. The van der Waals surface area contributed by atoms with Crippen LogP contribution in [0.15, 0.2) is 30.3 Å². The van der Waals surface area contributed by atoms with Gasteiger partial charge >= 0.3 is 0 Å². The third-order valence-electron chi connectivity index (χ3n) is 2.67. The van der Waals surface area contributed by atoms with E-state index in [-0.39, 0.29) is 11.8 Å². The van der Waals surface area contributed by atoms with Gasteiger partial charge < -0.3 is 0 Å². The second-order valence-electron chi connectivity index (χ2n) is 3.88. The first-order valence-electron chi connectivity index (χ1n) is 6.06. The Balaban J connectivity index is 2.61. The van der Waals surface area contributed by atoms with Gasteiger partial charge in [-0.05, 0) is 12.0 Å². The van der Waals surface area contributed by atoms with E-state index in [1.54, 1.807) is 13.8 Å². The first kappa shape index (κ1) is 13.4. The zero-order chi connectivity index (χ0) is 12.7. The highest BCUT2D eigenvalue weighted by Gasteiger charge is 2.17. The predicted octanol–water partition coefficient (Wildman–Crippen LogP) is 2.40. The average Bonchev–Trinajstić information content (AvgIpc) is 2.39. The van der Waals surface area contributed by atoms with E-state index in [2.05, 4.69) is 0 Å². The zero-order valence-electron chi connectivity index (χ0n) is 10.5. The molecule has 17 heavy (non-hydrogen) atoms. The molecule has 0 N–H and O–H groups in total. The van der Waals surface area contributed by atoms with Crippen molar-refractivity contribution in [2.75, 3.05) is 6.54 Å². The largest absolute Gasteiger partial charge is 0.282 e. The lowest BCUT2D eigenvalue weighted by Gasteiger charge is -2.19. The Morgan fingerprint density at radius 3 is 2.00 bits per heavy atom. The van der Waals surface area contributed by atoms with Crippen molar-refractivity contribution in [1.82, 2.24) is 4.90 Å². The third-order valence-corrected chi connectivity index (χ3v) is 2.67. The molecule has 0 aliphatic carbocycles.